The molecule has 33 heavy (non-hydrogen) atoms. The van der Waals surface area contributed by atoms with Crippen LogP contribution in [0.3, 0.4) is 0 Å². The summed E-state index contributed by atoms with van der Waals surface area (Å²) in [5.41, 5.74) is 9.56. The van der Waals surface area contributed by atoms with Crippen molar-refractivity contribution in [3.63, 3.8) is 0 Å². The number of benzene rings is 1. The number of nitrogens with one attached hydrogen (secondary N) is 2. The highest BCUT2D eigenvalue weighted by molar-refractivity contribution is 7.17. The van der Waals surface area contributed by atoms with Crippen LogP contribution in [0, 0.1) is 0 Å². The van der Waals surface area contributed by atoms with Crippen molar-refractivity contribution in [1.82, 2.24) is 5.43 Å². The van der Waals surface area contributed by atoms with Crippen molar-refractivity contribution in [3.05, 3.63) is 45.8 Å². The first-order valence-electron chi connectivity index (χ1n) is 10.2. The predicted octanol–water partition coefficient (Wildman–Crippen LogP) is 1.76. The quantitative estimate of drug-likeness (QED) is 0.242. The summed E-state index contributed by atoms with van der Waals surface area (Å²) < 4.78 is 10.1. The largest absolute Gasteiger partial charge is 0.484 e. The second kappa shape index (κ2) is 10.7. The fraction of sp³-hybridized carbons (Fsp3) is 0.318. The molecule has 4 N–H and O–H groups in total. The maximum Gasteiger partial charge on any atom is 0.341 e. The molecule has 1 aliphatic carbocycles. The summed E-state index contributed by atoms with van der Waals surface area (Å²) >= 11 is 1.29. The number of thiophene rings is 1. The Morgan fingerprint density at radius 1 is 1.09 bits per heavy atom. The molecule has 0 aliphatic heterocycles. The summed E-state index contributed by atoms with van der Waals surface area (Å²) in [6.07, 6.45) is 3.51. The zero-order valence-electron chi connectivity index (χ0n) is 18.2. The van der Waals surface area contributed by atoms with Crippen LogP contribution < -0.4 is 21.2 Å². The lowest BCUT2D eigenvalue weighted by Gasteiger charge is -2.11. The third-order valence-corrected chi connectivity index (χ3v) is 6.18. The number of carbonyl (C=O) groups is 4. The molecule has 0 bridgehead atoms. The molecule has 0 unspecified atom stereocenters. The summed E-state index contributed by atoms with van der Waals surface area (Å²) in [5, 5.41) is 6.78. The van der Waals surface area contributed by atoms with Crippen LogP contribution >= 0.6 is 11.3 Å². The Bertz CT molecular complexity index is 1110. The lowest BCUT2D eigenvalue weighted by molar-refractivity contribution is -0.136. The van der Waals surface area contributed by atoms with Crippen molar-refractivity contribution in [1.29, 1.82) is 0 Å². The van der Waals surface area contributed by atoms with E-state index in [4.69, 9.17) is 15.2 Å². The van der Waals surface area contributed by atoms with Crippen LogP contribution in [0.25, 0.3) is 0 Å². The van der Waals surface area contributed by atoms with E-state index in [0.29, 0.717) is 27.6 Å². The summed E-state index contributed by atoms with van der Waals surface area (Å²) in [6.45, 7) is 1.42. The van der Waals surface area contributed by atoms with Crippen molar-refractivity contribution in [2.45, 2.75) is 32.6 Å². The van der Waals surface area contributed by atoms with Gasteiger partial charge in [-0.05, 0) is 68.0 Å². The van der Waals surface area contributed by atoms with Crippen molar-refractivity contribution in [2.75, 3.05) is 19.0 Å². The van der Waals surface area contributed by atoms with Gasteiger partial charge < -0.3 is 20.5 Å². The number of nitrogens with two attached hydrogens (primary N) is 1. The van der Waals surface area contributed by atoms with Gasteiger partial charge in [-0.15, -0.1) is 11.3 Å². The van der Waals surface area contributed by atoms with E-state index in [0.717, 1.165) is 36.1 Å². The number of hydrazone groups is 1. The minimum Gasteiger partial charge on any atom is -0.484 e. The molecule has 0 fully saturated rings. The molecule has 0 saturated carbocycles. The van der Waals surface area contributed by atoms with Gasteiger partial charge in [0, 0.05) is 4.88 Å². The Labute approximate surface area is 194 Å². The SMILES string of the molecule is COC(=O)c1c(NC(=O)C(=O)NN=C(C)c2ccc(OCC(N)=O)cc2)sc2c1CCCC2. The van der Waals surface area contributed by atoms with Crippen LogP contribution in [-0.4, -0.2) is 43.1 Å². The Balaban J connectivity index is 1.65. The average Bonchev–Trinajstić information content (AvgIpc) is 3.18. The van der Waals surface area contributed by atoms with Crippen LogP contribution in [-0.2, 0) is 32.0 Å². The molecular weight excluding hydrogens is 448 g/mol. The van der Waals surface area contributed by atoms with Gasteiger partial charge in [0.25, 0.3) is 5.91 Å². The molecule has 1 heterocycles. The van der Waals surface area contributed by atoms with Gasteiger partial charge in [0.05, 0.1) is 18.4 Å². The number of aryl methyl sites for hydroxylation is 1. The number of primary amides is 1. The lowest BCUT2D eigenvalue weighted by Crippen LogP contribution is -2.33. The molecule has 0 saturated heterocycles. The monoisotopic (exact) mass is 472 g/mol. The van der Waals surface area contributed by atoms with Gasteiger partial charge in [0.15, 0.2) is 6.61 Å². The van der Waals surface area contributed by atoms with Crippen molar-refractivity contribution in [2.24, 2.45) is 10.8 Å². The van der Waals surface area contributed by atoms with Crippen LogP contribution in [0.4, 0.5) is 5.00 Å². The predicted molar refractivity (Wildman–Crippen MR) is 122 cm³/mol. The number of fused-ring (bicyclic) bond motifs is 1. The number of hydrogen-bond donors (Lipinski definition) is 3. The molecular formula is C22H24N4O6S. The first-order chi connectivity index (χ1) is 15.8. The minimum absolute atomic E-state index is 0.234. The van der Waals surface area contributed by atoms with Gasteiger partial charge in [-0.25, -0.2) is 10.2 Å². The Morgan fingerprint density at radius 3 is 2.45 bits per heavy atom. The number of methoxy groups -OCH3 is 1. The van der Waals surface area contributed by atoms with Crippen molar-refractivity contribution >= 4 is 45.7 Å². The molecule has 3 rings (SSSR count). The summed E-state index contributed by atoms with van der Waals surface area (Å²) in [6, 6.07) is 6.61. The fourth-order valence-corrected chi connectivity index (χ4v) is 4.60. The lowest BCUT2D eigenvalue weighted by atomic mass is 9.95. The molecule has 2 aromatic rings. The Kier molecular flexibility index (Phi) is 7.78. The second-order valence-electron chi connectivity index (χ2n) is 7.28. The first-order valence-corrected chi connectivity index (χ1v) is 11.0. The van der Waals surface area contributed by atoms with E-state index in [1.165, 1.54) is 18.4 Å². The van der Waals surface area contributed by atoms with Gasteiger partial charge in [0.1, 0.15) is 10.8 Å². The topological polar surface area (TPSA) is 149 Å². The number of ether oxygens (including phenoxy) is 2. The van der Waals surface area contributed by atoms with Crippen molar-refractivity contribution < 1.29 is 28.7 Å². The van der Waals surface area contributed by atoms with Gasteiger partial charge in [0.2, 0.25) is 0 Å². The van der Waals surface area contributed by atoms with Gasteiger partial charge >= 0.3 is 17.8 Å². The third kappa shape index (κ3) is 5.95. The van der Waals surface area contributed by atoms with Gasteiger partial charge in [-0.2, -0.15) is 5.10 Å². The molecule has 1 aliphatic rings. The van der Waals surface area contributed by atoms with Crippen molar-refractivity contribution in [3.8, 4) is 5.75 Å². The molecule has 11 heteroatoms. The Hall–Kier alpha value is -3.73. The molecule has 1 aromatic carbocycles. The standard InChI is InChI=1S/C22H24N4O6S/c1-12(13-7-9-14(10-8-13)32-11-17(23)27)25-26-20(29)19(28)24-21-18(22(30)31-2)15-5-3-4-6-16(15)33-21/h7-10H,3-6,11H2,1-2H3,(H2,23,27)(H,24,28)(H,26,29). The van der Waals surface area contributed by atoms with Crippen LogP contribution in [0.5, 0.6) is 5.75 Å². The molecule has 0 spiro atoms. The zero-order valence-corrected chi connectivity index (χ0v) is 19.0. The van der Waals surface area contributed by atoms with Crippen LogP contribution in [0.15, 0.2) is 29.4 Å². The fourth-order valence-electron chi connectivity index (χ4n) is 3.33. The van der Waals surface area contributed by atoms with Crippen LogP contribution in [0.1, 0.15) is 46.1 Å². The summed E-state index contributed by atoms with van der Waals surface area (Å²) in [5.74, 6) is -2.58. The number of nitrogens with zero attached hydrogens (tertiary/aromatic N) is 1. The van der Waals surface area contributed by atoms with E-state index in [-0.39, 0.29) is 6.61 Å². The number of amides is 3. The van der Waals surface area contributed by atoms with E-state index in [1.54, 1.807) is 31.2 Å². The summed E-state index contributed by atoms with van der Waals surface area (Å²) in [7, 11) is 1.28. The molecule has 0 atom stereocenters. The normalized spacial score (nSPS) is 13.0. The summed E-state index contributed by atoms with van der Waals surface area (Å²) in [4.78, 5) is 48.8. The number of carbonyl (C=O) groups excluding carboxylic acids is 4. The molecule has 0 radical (unpaired) electrons. The van der Waals surface area contributed by atoms with E-state index in [2.05, 4.69) is 15.8 Å². The molecule has 3 amide bonds. The molecule has 10 nitrogen and oxygen atoms in total. The highest BCUT2D eigenvalue weighted by Gasteiger charge is 2.28. The zero-order chi connectivity index (χ0) is 24.0. The number of esters is 1. The average molecular weight is 473 g/mol. The first kappa shape index (κ1) is 23.9. The molecule has 1 aromatic heterocycles. The van der Waals surface area contributed by atoms with Crippen LogP contribution in [0.2, 0.25) is 0 Å². The maximum absolute atomic E-state index is 12.4. The highest BCUT2D eigenvalue weighted by atomic mass is 32.1. The minimum atomic E-state index is -0.974. The smallest absolute Gasteiger partial charge is 0.341 e. The van der Waals surface area contributed by atoms with Gasteiger partial charge in [-0.3, -0.25) is 14.4 Å². The van der Waals surface area contributed by atoms with E-state index < -0.39 is 23.7 Å². The molecule has 174 valence electrons. The van der Waals surface area contributed by atoms with Gasteiger partial charge in [-0.1, -0.05) is 0 Å². The maximum atomic E-state index is 12.4. The number of anilines is 1. The van der Waals surface area contributed by atoms with E-state index in [1.807, 2.05) is 0 Å². The van der Waals surface area contributed by atoms with E-state index in [9.17, 15) is 19.2 Å². The second-order valence-corrected chi connectivity index (χ2v) is 8.38. The van der Waals surface area contributed by atoms with E-state index >= 15 is 0 Å². The Morgan fingerprint density at radius 2 is 1.79 bits per heavy atom. The highest BCUT2D eigenvalue weighted by Crippen LogP contribution is 2.38. The number of rotatable bonds is 7. The third-order valence-electron chi connectivity index (χ3n) is 4.97. The number of hydrogen-bond acceptors (Lipinski definition) is 8.